The summed E-state index contributed by atoms with van der Waals surface area (Å²) in [5.41, 5.74) is -0.563. The van der Waals surface area contributed by atoms with Crippen LogP contribution in [-0.4, -0.2) is 33.6 Å². The van der Waals surface area contributed by atoms with Crippen molar-refractivity contribution in [3.63, 3.8) is 0 Å². The third-order valence-corrected chi connectivity index (χ3v) is 7.43. The molecule has 1 aromatic heterocycles. The number of aromatic nitrogens is 2. The molecule has 8 rings (SSSR count). The van der Waals surface area contributed by atoms with E-state index in [0.29, 0.717) is 16.7 Å². The molecule has 33 heavy (non-hydrogen) atoms. The first-order chi connectivity index (χ1) is 15.8. The lowest BCUT2D eigenvalue weighted by molar-refractivity contribution is -0.180. The number of benzene rings is 2. The predicted molar refractivity (Wildman–Crippen MR) is 118 cm³/mol. The summed E-state index contributed by atoms with van der Waals surface area (Å²) in [7, 11) is 0. The SMILES string of the molecule is C[C@@H]1N[C@H]2N(C1=O)c1ccccc1[C@@]21C[C@@H]2C(=O)N[C@](C)(O1)c1nc3ccccc3c(=O)n12. The van der Waals surface area contributed by atoms with E-state index in [-0.39, 0.29) is 23.8 Å². The zero-order valence-electron chi connectivity index (χ0n) is 18.0. The summed E-state index contributed by atoms with van der Waals surface area (Å²) in [5.74, 6) is 0.0165. The molecular weight excluding hydrogens is 422 g/mol. The Balaban J connectivity index is 1.52. The van der Waals surface area contributed by atoms with Crippen LogP contribution in [0, 0.1) is 0 Å². The highest BCUT2D eigenvalue weighted by Crippen LogP contribution is 2.56. The normalized spacial score (nSPS) is 33.8. The number of carbonyl (C=O) groups is 2. The number of carbonyl (C=O) groups excluding carboxylic acids is 2. The van der Waals surface area contributed by atoms with Crippen molar-refractivity contribution >= 4 is 28.4 Å². The zero-order valence-corrected chi connectivity index (χ0v) is 18.0. The fourth-order valence-electron chi connectivity index (χ4n) is 6.05. The van der Waals surface area contributed by atoms with Gasteiger partial charge in [-0.25, -0.2) is 4.98 Å². The summed E-state index contributed by atoms with van der Waals surface area (Å²) < 4.78 is 8.35. The van der Waals surface area contributed by atoms with Crippen molar-refractivity contribution in [3.8, 4) is 0 Å². The van der Waals surface area contributed by atoms with Crippen LogP contribution in [0.5, 0.6) is 0 Å². The molecule has 0 radical (unpaired) electrons. The predicted octanol–water partition coefficient (Wildman–Crippen LogP) is 1.22. The first-order valence-corrected chi connectivity index (χ1v) is 11.1. The van der Waals surface area contributed by atoms with E-state index in [1.807, 2.05) is 37.3 Å². The molecule has 5 atom stereocenters. The van der Waals surface area contributed by atoms with Crippen LogP contribution < -0.4 is 21.1 Å². The molecule has 3 aromatic rings. The van der Waals surface area contributed by atoms with Crippen molar-refractivity contribution in [2.45, 2.75) is 49.8 Å². The van der Waals surface area contributed by atoms with Gasteiger partial charge in [0, 0.05) is 12.0 Å². The Hall–Kier alpha value is -3.56. The van der Waals surface area contributed by atoms with Gasteiger partial charge < -0.3 is 10.1 Å². The number of rotatable bonds is 0. The number of para-hydroxylation sites is 2. The number of anilines is 1. The number of ether oxygens (including phenoxy) is 1. The Labute approximate surface area is 188 Å². The fourth-order valence-corrected chi connectivity index (χ4v) is 6.05. The maximum Gasteiger partial charge on any atom is 0.262 e. The minimum absolute atomic E-state index is 0.0486. The summed E-state index contributed by atoms with van der Waals surface area (Å²) in [5, 5.41) is 6.81. The molecule has 2 bridgehead atoms. The topological polar surface area (TPSA) is 106 Å². The van der Waals surface area contributed by atoms with Crippen molar-refractivity contribution in [1.29, 1.82) is 0 Å². The van der Waals surface area contributed by atoms with E-state index in [4.69, 9.17) is 9.72 Å². The molecule has 6 heterocycles. The van der Waals surface area contributed by atoms with Gasteiger partial charge in [0.2, 0.25) is 11.8 Å². The molecule has 0 unspecified atom stereocenters. The molecule has 5 aliphatic rings. The number of nitrogens with zero attached hydrogens (tertiary/aromatic N) is 3. The fraction of sp³-hybridized carbons (Fsp3) is 0.333. The molecule has 0 aliphatic carbocycles. The lowest BCUT2D eigenvalue weighted by atomic mass is 9.86. The summed E-state index contributed by atoms with van der Waals surface area (Å²) in [6.45, 7) is 3.55. The summed E-state index contributed by atoms with van der Waals surface area (Å²) >= 11 is 0. The molecule has 1 spiro atoms. The number of nitrogens with one attached hydrogen (secondary N) is 2. The van der Waals surface area contributed by atoms with Crippen LogP contribution in [0.3, 0.4) is 0 Å². The summed E-state index contributed by atoms with van der Waals surface area (Å²) in [6, 6.07) is 13.5. The molecule has 2 amide bonds. The van der Waals surface area contributed by atoms with Crippen molar-refractivity contribution in [2.75, 3.05) is 4.90 Å². The lowest BCUT2D eigenvalue weighted by Crippen LogP contribution is -2.57. The van der Waals surface area contributed by atoms with E-state index in [9.17, 15) is 14.4 Å². The molecule has 5 aliphatic heterocycles. The van der Waals surface area contributed by atoms with E-state index in [1.54, 1.807) is 30.0 Å². The van der Waals surface area contributed by atoms with Crippen molar-refractivity contribution < 1.29 is 14.3 Å². The van der Waals surface area contributed by atoms with Gasteiger partial charge in [0.1, 0.15) is 17.8 Å². The second kappa shape index (κ2) is 5.86. The second-order valence-electron chi connectivity index (χ2n) is 9.38. The molecule has 2 saturated heterocycles. The van der Waals surface area contributed by atoms with Crippen LogP contribution in [0.4, 0.5) is 5.69 Å². The lowest BCUT2D eigenvalue weighted by Gasteiger charge is -2.40. The van der Waals surface area contributed by atoms with Crippen LogP contribution in [0.15, 0.2) is 53.3 Å². The van der Waals surface area contributed by atoms with Gasteiger partial charge in [-0.05, 0) is 32.0 Å². The molecule has 166 valence electrons. The van der Waals surface area contributed by atoms with Crippen LogP contribution in [0.1, 0.15) is 37.7 Å². The Morgan fingerprint density at radius 1 is 1.09 bits per heavy atom. The third kappa shape index (κ3) is 2.14. The minimum atomic E-state index is -1.37. The Morgan fingerprint density at radius 3 is 2.70 bits per heavy atom. The van der Waals surface area contributed by atoms with E-state index >= 15 is 0 Å². The van der Waals surface area contributed by atoms with Crippen LogP contribution in [0.2, 0.25) is 0 Å². The average molecular weight is 443 g/mol. The standard InChI is InChI=1S/C24H21N5O4/c1-12-19(31)28-16-10-6-4-8-14(16)24(22(28)25-12)11-17-18(30)27-23(2,33-24)21-26-15-9-5-3-7-13(15)20(32)29(17)21/h3-10,12,17,22,25H,11H2,1-2H3,(H,27,30)/t12-,17+,22-,23+,24-/m0/s1. The van der Waals surface area contributed by atoms with Gasteiger partial charge in [0.15, 0.2) is 11.5 Å². The van der Waals surface area contributed by atoms with Crippen LogP contribution in [0.25, 0.3) is 10.9 Å². The third-order valence-electron chi connectivity index (χ3n) is 7.43. The van der Waals surface area contributed by atoms with E-state index < -0.39 is 29.6 Å². The molecule has 9 nitrogen and oxygen atoms in total. The molecule has 2 fully saturated rings. The van der Waals surface area contributed by atoms with Crippen LogP contribution in [-0.2, 0) is 25.7 Å². The summed E-state index contributed by atoms with van der Waals surface area (Å²) in [6.07, 6.45) is -0.321. The maximum atomic E-state index is 13.6. The molecule has 2 aromatic carbocycles. The zero-order chi connectivity index (χ0) is 22.7. The summed E-state index contributed by atoms with van der Waals surface area (Å²) in [4.78, 5) is 46.5. The van der Waals surface area contributed by atoms with E-state index in [2.05, 4.69) is 10.6 Å². The van der Waals surface area contributed by atoms with Crippen molar-refractivity contribution in [1.82, 2.24) is 20.2 Å². The van der Waals surface area contributed by atoms with Crippen molar-refractivity contribution in [3.05, 3.63) is 70.3 Å². The quantitative estimate of drug-likeness (QED) is 0.541. The highest BCUT2D eigenvalue weighted by Gasteiger charge is 2.65. The van der Waals surface area contributed by atoms with Gasteiger partial charge >= 0.3 is 0 Å². The molecular formula is C24H21N5O4. The van der Waals surface area contributed by atoms with Gasteiger partial charge in [-0.2, -0.15) is 0 Å². The maximum absolute atomic E-state index is 13.6. The van der Waals surface area contributed by atoms with Gasteiger partial charge in [0.05, 0.1) is 22.6 Å². The largest absolute Gasteiger partial charge is 0.334 e. The Morgan fingerprint density at radius 2 is 1.85 bits per heavy atom. The number of amides is 2. The monoisotopic (exact) mass is 443 g/mol. The van der Waals surface area contributed by atoms with Crippen molar-refractivity contribution in [2.24, 2.45) is 0 Å². The molecule has 0 saturated carbocycles. The smallest absolute Gasteiger partial charge is 0.262 e. The second-order valence-corrected chi connectivity index (χ2v) is 9.38. The van der Waals surface area contributed by atoms with E-state index in [0.717, 1.165) is 11.3 Å². The highest BCUT2D eigenvalue weighted by atomic mass is 16.5. The first kappa shape index (κ1) is 19.0. The van der Waals surface area contributed by atoms with Gasteiger partial charge in [-0.1, -0.05) is 30.3 Å². The van der Waals surface area contributed by atoms with Crippen LogP contribution >= 0.6 is 0 Å². The number of hydrogen-bond donors (Lipinski definition) is 2. The molecule has 9 heteroatoms. The highest BCUT2D eigenvalue weighted by molar-refractivity contribution is 6.02. The Kier molecular flexibility index (Phi) is 3.37. The Bertz CT molecular complexity index is 1470. The number of fused-ring (bicyclic) bond motifs is 5. The van der Waals surface area contributed by atoms with Gasteiger partial charge in [0.25, 0.3) is 5.56 Å². The average Bonchev–Trinajstić information content (AvgIpc) is 3.13. The first-order valence-electron chi connectivity index (χ1n) is 11.1. The van der Waals surface area contributed by atoms with Gasteiger partial charge in [-0.3, -0.25) is 29.2 Å². The minimum Gasteiger partial charge on any atom is -0.334 e. The number of hydrogen-bond acceptors (Lipinski definition) is 6. The molecule has 2 N–H and O–H groups in total. The van der Waals surface area contributed by atoms with Gasteiger partial charge in [-0.15, -0.1) is 0 Å². The van der Waals surface area contributed by atoms with E-state index in [1.165, 1.54) is 4.57 Å².